The van der Waals surface area contributed by atoms with E-state index in [1.165, 1.54) is 38.9 Å². The minimum Gasteiger partial charge on any atom is -0.330 e. The van der Waals surface area contributed by atoms with Crippen LogP contribution < -0.4 is 11.1 Å². The molecule has 2 rings (SSSR count). The fraction of sp³-hybridized carbons (Fsp3) is 1.00. The van der Waals surface area contributed by atoms with E-state index < -0.39 is 0 Å². The minimum absolute atomic E-state index is 0.766. The third-order valence-corrected chi connectivity index (χ3v) is 3.82. The Balaban J connectivity index is 1.74. The van der Waals surface area contributed by atoms with Crippen LogP contribution in [-0.2, 0) is 0 Å². The van der Waals surface area contributed by atoms with Gasteiger partial charge in [0.25, 0.3) is 0 Å². The Kier molecular flexibility index (Phi) is 3.79. The van der Waals surface area contributed by atoms with Crippen molar-refractivity contribution in [2.45, 2.75) is 19.3 Å². The van der Waals surface area contributed by atoms with Crippen molar-refractivity contribution in [3.8, 4) is 0 Å². The summed E-state index contributed by atoms with van der Waals surface area (Å²) in [7, 11) is 0. The van der Waals surface area contributed by atoms with E-state index in [-0.39, 0.29) is 0 Å². The molecule has 1 saturated heterocycles. The second-order valence-corrected chi connectivity index (χ2v) is 4.74. The first-order valence-electron chi connectivity index (χ1n) is 6.03. The van der Waals surface area contributed by atoms with Crippen LogP contribution in [0, 0.1) is 11.8 Å². The summed E-state index contributed by atoms with van der Waals surface area (Å²) in [5.41, 5.74) is 5.86. The van der Waals surface area contributed by atoms with Crippen LogP contribution >= 0.6 is 0 Å². The van der Waals surface area contributed by atoms with Crippen molar-refractivity contribution in [2.24, 2.45) is 17.6 Å². The van der Waals surface area contributed by atoms with Gasteiger partial charge in [-0.2, -0.15) is 0 Å². The molecule has 1 saturated carbocycles. The average Bonchev–Trinajstić information content (AvgIpc) is 2.15. The summed E-state index contributed by atoms with van der Waals surface area (Å²) >= 11 is 0. The minimum atomic E-state index is 0.766. The van der Waals surface area contributed by atoms with Crippen LogP contribution in [0.3, 0.4) is 0 Å². The zero-order chi connectivity index (χ0) is 9.80. The number of hydrogen-bond acceptors (Lipinski definition) is 3. The van der Waals surface area contributed by atoms with Crippen LogP contribution in [0.5, 0.6) is 0 Å². The molecular formula is C11H23N3. The molecule has 14 heavy (non-hydrogen) atoms. The zero-order valence-electron chi connectivity index (χ0n) is 9.04. The number of nitrogens with zero attached hydrogens (tertiary/aromatic N) is 1. The molecule has 0 amide bonds. The normalized spacial score (nSPS) is 27.2. The highest BCUT2D eigenvalue weighted by Gasteiger charge is 2.27. The van der Waals surface area contributed by atoms with Gasteiger partial charge < -0.3 is 16.0 Å². The van der Waals surface area contributed by atoms with Crippen LogP contribution in [0.25, 0.3) is 0 Å². The number of hydrogen-bond donors (Lipinski definition) is 2. The molecule has 3 heteroatoms. The Morgan fingerprint density at radius 1 is 1.29 bits per heavy atom. The Morgan fingerprint density at radius 3 is 2.50 bits per heavy atom. The third-order valence-electron chi connectivity index (χ3n) is 3.82. The molecule has 2 fully saturated rings. The molecule has 0 bridgehead atoms. The zero-order valence-corrected chi connectivity index (χ0v) is 9.04. The largest absolute Gasteiger partial charge is 0.330 e. The SMILES string of the molecule is NCC(CN1CCNCC1)C1CCC1. The molecule has 0 aromatic heterocycles. The van der Waals surface area contributed by atoms with Gasteiger partial charge in [-0.1, -0.05) is 19.3 Å². The van der Waals surface area contributed by atoms with Gasteiger partial charge in [-0.3, -0.25) is 0 Å². The Hall–Kier alpha value is -0.120. The Labute approximate surface area is 87.0 Å². The van der Waals surface area contributed by atoms with E-state index >= 15 is 0 Å². The van der Waals surface area contributed by atoms with Gasteiger partial charge in [0.2, 0.25) is 0 Å². The maximum absolute atomic E-state index is 5.86. The Bertz CT molecular complexity index is 162. The molecular weight excluding hydrogens is 174 g/mol. The highest BCUT2D eigenvalue weighted by Crippen LogP contribution is 2.33. The van der Waals surface area contributed by atoms with Crippen LogP contribution in [0.2, 0.25) is 0 Å². The number of nitrogens with one attached hydrogen (secondary N) is 1. The van der Waals surface area contributed by atoms with Gasteiger partial charge in [0.15, 0.2) is 0 Å². The van der Waals surface area contributed by atoms with E-state index in [4.69, 9.17) is 5.73 Å². The van der Waals surface area contributed by atoms with Crippen LogP contribution in [-0.4, -0.2) is 44.2 Å². The summed E-state index contributed by atoms with van der Waals surface area (Å²) in [4.78, 5) is 2.58. The van der Waals surface area contributed by atoms with E-state index in [1.807, 2.05) is 0 Å². The predicted molar refractivity (Wildman–Crippen MR) is 59.2 cm³/mol. The summed E-state index contributed by atoms with van der Waals surface area (Å²) < 4.78 is 0. The first-order chi connectivity index (χ1) is 6.90. The molecule has 0 aromatic carbocycles. The van der Waals surface area contributed by atoms with Gasteiger partial charge in [-0.15, -0.1) is 0 Å². The fourth-order valence-electron chi connectivity index (χ4n) is 2.55. The molecule has 2 aliphatic rings. The second kappa shape index (κ2) is 5.10. The van der Waals surface area contributed by atoms with E-state index in [9.17, 15) is 0 Å². The van der Waals surface area contributed by atoms with Crippen molar-refractivity contribution in [1.29, 1.82) is 0 Å². The van der Waals surface area contributed by atoms with Gasteiger partial charge in [-0.25, -0.2) is 0 Å². The predicted octanol–water partition coefficient (Wildman–Crippen LogP) is 0.267. The Morgan fingerprint density at radius 2 is 2.00 bits per heavy atom. The molecule has 3 N–H and O–H groups in total. The lowest BCUT2D eigenvalue weighted by atomic mass is 9.75. The molecule has 1 aliphatic heterocycles. The fourth-order valence-corrected chi connectivity index (χ4v) is 2.55. The van der Waals surface area contributed by atoms with Crippen LogP contribution in [0.1, 0.15) is 19.3 Å². The lowest BCUT2D eigenvalue weighted by Crippen LogP contribution is -2.47. The molecule has 0 radical (unpaired) electrons. The molecule has 1 unspecified atom stereocenters. The third kappa shape index (κ3) is 2.47. The van der Waals surface area contributed by atoms with Crippen molar-refractivity contribution < 1.29 is 0 Å². The highest BCUT2D eigenvalue weighted by atomic mass is 15.2. The monoisotopic (exact) mass is 197 g/mol. The van der Waals surface area contributed by atoms with Gasteiger partial charge >= 0.3 is 0 Å². The van der Waals surface area contributed by atoms with E-state index in [0.717, 1.165) is 31.5 Å². The molecule has 1 heterocycles. The van der Waals surface area contributed by atoms with E-state index in [2.05, 4.69) is 10.2 Å². The molecule has 1 aliphatic carbocycles. The van der Waals surface area contributed by atoms with Gasteiger partial charge in [0.1, 0.15) is 0 Å². The van der Waals surface area contributed by atoms with Crippen molar-refractivity contribution >= 4 is 0 Å². The molecule has 0 spiro atoms. The summed E-state index contributed by atoms with van der Waals surface area (Å²) in [5.74, 6) is 1.71. The molecule has 1 atom stereocenters. The lowest BCUT2D eigenvalue weighted by Gasteiger charge is -2.37. The standard InChI is InChI=1S/C11H23N3/c12-8-11(10-2-1-3-10)9-14-6-4-13-5-7-14/h10-11,13H,1-9,12H2. The molecule has 82 valence electrons. The van der Waals surface area contributed by atoms with Crippen molar-refractivity contribution in [1.82, 2.24) is 10.2 Å². The van der Waals surface area contributed by atoms with Gasteiger partial charge in [0, 0.05) is 32.7 Å². The molecule has 3 nitrogen and oxygen atoms in total. The van der Waals surface area contributed by atoms with Crippen LogP contribution in [0.15, 0.2) is 0 Å². The molecule has 0 aromatic rings. The summed E-state index contributed by atoms with van der Waals surface area (Å²) in [5, 5.41) is 3.39. The highest BCUT2D eigenvalue weighted by molar-refractivity contribution is 4.81. The quantitative estimate of drug-likeness (QED) is 0.679. The van der Waals surface area contributed by atoms with Crippen LogP contribution in [0.4, 0.5) is 0 Å². The summed E-state index contributed by atoms with van der Waals surface area (Å²) in [6, 6.07) is 0. The second-order valence-electron chi connectivity index (χ2n) is 4.74. The summed E-state index contributed by atoms with van der Waals surface area (Å²) in [6.45, 7) is 6.85. The smallest absolute Gasteiger partial charge is 0.0107 e. The number of nitrogens with two attached hydrogens (primary N) is 1. The maximum atomic E-state index is 5.86. The lowest BCUT2D eigenvalue weighted by molar-refractivity contribution is 0.134. The maximum Gasteiger partial charge on any atom is 0.0107 e. The summed E-state index contributed by atoms with van der Waals surface area (Å²) in [6.07, 6.45) is 4.28. The van der Waals surface area contributed by atoms with Crippen molar-refractivity contribution in [3.63, 3.8) is 0 Å². The van der Waals surface area contributed by atoms with Gasteiger partial charge in [0.05, 0.1) is 0 Å². The number of rotatable bonds is 4. The average molecular weight is 197 g/mol. The van der Waals surface area contributed by atoms with Gasteiger partial charge in [-0.05, 0) is 18.4 Å². The first-order valence-corrected chi connectivity index (χ1v) is 6.03. The van der Waals surface area contributed by atoms with Crippen molar-refractivity contribution in [2.75, 3.05) is 39.3 Å². The number of piperazine rings is 1. The van der Waals surface area contributed by atoms with Crippen molar-refractivity contribution in [3.05, 3.63) is 0 Å². The topological polar surface area (TPSA) is 41.3 Å². The van der Waals surface area contributed by atoms with E-state index in [0.29, 0.717) is 0 Å². The van der Waals surface area contributed by atoms with E-state index in [1.54, 1.807) is 0 Å². The first kappa shape index (κ1) is 10.4.